The van der Waals surface area contributed by atoms with Gasteiger partial charge in [0.1, 0.15) is 0 Å². The number of aromatic nitrogens is 1. The fraction of sp³-hybridized carbons (Fsp3) is 0.0952. The molecule has 0 aliphatic rings. The summed E-state index contributed by atoms with van der Waals surface area (Å²) in [5.74, 6) is -1.30. The third-order valence-corrected chi connectivity index (χ3v) is 5.57. The molecule has 9 heteroatoms. The summed E-state index contributed by atoms with van der Waals surface area (Å²) in [7, 11) is -3.87. The van der Waals surface area contributed by atoms with Crippen molar-refractivity contribution >= 4 is 33.3 Å². The molecule has 0 saturated heterocycles. The van der Waals surface area contributed by atoms with Crippen molar-refractivity contribution in [1.29, 1.82) is 0 Å². The lowest BCUT2D eigenvalue weighted by Gasteiger charge is -2.10. The van der Waals surface area contributed by atoms with E-state index in [0.29, 0.717) is 12.1 Å². The van der Waals surface area contributed by atoms with Crippen LogP contribution in [0.2, 0.25) is 0 Å². The third-order valence-electron chi connectivity index (χ3n) is 4.18. The summed E-state index contributed by atoms with van der Waals surface area (Å²) in [5.41, 5.74) is 1.83. The van der Waals surface area contributed by atoms with Crippen molar-refractivity contribution in [2.75, 3.05) is 10.0 Å². The minimum atomic E-state index is -3.87. The molecule has 3 aromatic rings. The summed E-state index contributed by atoms with van der Waals surface area (Å²) in [6, 6.07) is 15.4. The standard InChI is InChI=1S/C21H19N3O5S/c25-20(26)9-6-15-4-7-19(8-5-15)30(28,29)24-18-3-1-2-16(14-18)21(27)23-17-10-12-22-13-11-17/h1-5,7-8,10-14,24H,6,9H2,(H,25,26)(H,22,23,27). The average Bonchev–Trinajstić information content (AvgIpc) is 2.73. The first kappa shape index (κ1) is 21.0. The van der Waals surface area contributed by atoms with Gasteiger partial charge in [-0.25, -0.2) is 8.42 Å². The van der Waals surface area contributed by atoms with Gasteiger partial charge in [0.2, 0.25) is 0 Å². The topological polar surface area (TPSA) is 125 Å². The van der Waals surface area contributed by atoms with Gasteiger partial charge in [-0.05, 0) is 54.4 Å². The van der Waals surface area contributed by atoms with Crippen LogP contribution in [0.4, 0.5) is 11.4 Å². The van der Waals surface area contributed by atoms with Crippen molar-refractivity contribution in [2.45, 2.75) is 17.7 Å². The molecule has 0 radical (unpaired) electrons. The molecule has 0 aliphatic carbocycles. The van der Waals surface area contributed by atoms with Crippen molar-refractivity contribution in [3.05, 3.63) is 84.2 Å². The molecule has 0 fully saturated rings. The SMILES string of the molecule is O=C(O)CCc1ccc(S(=O)(=O)Nc2cccc(C(=O)Nc3ccncc3)c2)cc1. The largest absolute Gasteiger partial charge is 0.481 e. The lowest BCUT2D eigenvalue weighted by Crippen LogP contribution is -2.15. The number of nitrogens with zero attached hydrogens (tertiary/aromatic N) is 1. The molecule has 1 amide bonds. The molecule has 0 atom stereocenters. The zero-order chi connectivity index (χ0) is 21.6. The number of pyridine rings is 1. The van der Waals surface area contributed by atoms with Crippen LogP contribution in [0.25, 0.3) is 0 Å². The van der Waals surface area contributed by atoms with Crippen LogP contribution in [-0.2, 0) is 21.2 Å². The Bertz CT molecular complexity index is 1150. The number of carbonyl (C=O) groups is 2. The number of rotatable bonds is 8. The fourth-order valence-electron chi connectivity index (χ4n) is 2.66. The number of aryl methyl sites for hydroxylation is 1. The summed E-state index contributed by atoms with van der Waals surface area (Å²) >= 11 is 0. The molecular formula is C21H19N3O5S. The fourth-order valence-corrected chi connectivity index (χ4v) is 3.71. The molecule has 0 aliphatic heterocycles. The summed E-state index contributed by atoms with van der Waals surface area (Å²) in [5, 5.41) is 11.4. The van der Waals surface area contributed by atoms with Crippen LogP contribution in [0.5, 0.6) is 0 Å². The van der Waals surface area contributed by atoms with Gasteiger partial charge in [-0.1, -0.05) is 18.2 Å². The van der Waals surface area contributed by atoms with Crippen LogP contribution in [0.1, 0.15) is 22.3 Å². The van der Waals surface area contributed by atoms with Crippen LogP contribution in [0.3, 0.4) is 0 Å². The molecule has 154 valence electrons. The van der Waals surface area contributed by atoms with E-state index in [1.165, 1.54) is 18.2 Å². The van der Waals surface area contributed by atoms with Crippen LogP contribution < -0.4 is 10.0 Å². The number of nitrogens with one attached hydrogen (secondary N) is 2. The zero-order valence-corrected chi connectivity index (χ0v) is 16.6. The van der Waals surface area contributed by atoms with Gasteiger partial charge in [-0.2, -0.15) is 0 Å². The number of benzene rings is 2. The maximum atomic E-state index is 12.6. The Morgan fingerprint density at radius 1 is 0.933 bits per heavy atom. The molecular weight excluding hydrogens is 406 g/mol. The molecule has 0 spiro atoms. The average molecular weight is 425 g/mol. The molecule has 0 bridgehead atoms. The number of aliphatic carboxylic acids is 1. The number of carboxylic acids is 1. The van der Waals surface area contributed by atoms with E-state index < -0.39 is 16.0 Å². The Morgan fingerprint density at radius 2 is 1.63 bits per heavy atom. The second-order valence-corrected chi connectivity index (χ2v) is 8.10. The second-order valence-electron chi connectivity index (χ2n) is 6.41. The molecule has 0 saturated carbocycles. The molecule has 2 aromatic carbocycles. The first-order chi connectivity index (χ1) is 14.3. The molecule has 1 aromatic heterocycles. The van der Waals surface area contributed by atoms with E-state index in [0.717, 1.165) is 5.56 Å². The first-order valence-corrected chi connectivity index (χ1v) is 10.5. The van der Waals surface area contributed by atoms with E-state index >= 15 is 0 Å². The van der Waals surface area contributed by atoms with Crippen molar-refractivity contribution < 1.29 is 23.1 Å². The van der Waals surface area contributed by atoms with Gasteiger partial charge < -0.3 is 10.4 Å². The predicted molar refractivity (Wildman–Crippen MR) is 112 cm³/mol. The first-order valence-electron chi connectivity index (χ1n) is 8.98. The number of amides is 1. The Morgan fingerprint density at radius 3 is 2.30 bits per heavy atom. The van der Waals surface area contributed by atoms with Crippen LogP contribution in [-0.4, -0.2) is 30.4 Å². The molecule has 3 N–H and O–H groups in total. The zero-order valence-electron chi connectivity index (χ0n) is 15.8. The molecule has 0 unspecified atom stereocenters. The minimum absolute atomic E-state index is 0.0291. The highest BCUT2D eigenvalue weighted by atomic mass is 32.2. The highest BCUT2D eigenvalue weighted by Gasteiger charge is 2.15. The Hall–Kier alpha value is -3.72. The van der Waals surface area contributed by atoms with Crippen molar-refractivity contribution in [3.8, 4) is 0 Å². The van der Waals surface area contributed by atoms with E-state index in [9.17, 15) is 18.0 Å². The van der Waals surface area contributed by atoms with Gasteiger partial charge in [0.25, 0.3) is 15.9 Å². The summed E-state index contributed by atoms with van der Waals surface area (Å²) in [6.45, 7) is 0. The monoisotopic (exact) mass is 425 g/mol. The number of carbonyl (C=O) groups excluding carboxylic acids is 1. The smallest absolute Gasteiger partial charge is 0.303 e. The van der Waals surface area contributed by atoms with Gasteiger partial charge >= 0.3 is 5.97 Å². The Balaban J connectivity index is 1.71. The quantitative estimate of drug-likeness (QED) is 0.509. The van der Waals surface area contributed by atoms with Gasteiger partial charge in [-0.3, -0.25) is 19.3 Å². The van der Waals surface area contributed by atoms with Crippen LogP contribution in [0, 0.1) is 0 Å². The van der Waals surface area contributed by atoms with Crippen LogP contribution >= 0.6 is 0 Å². The molecule has 30 heavy (non-hydrogen) atoms. The third kappa shape index (κ3) is 5.65. The number of carboxylic acid groups (broad SMARTS) is 1. The highest BCUT2D eigenvalue weighted by molar-refractivity contribution is 7.92. The predicted octanol–water partition coefficient (Wildman–Crippen LogP) is 3.15. The lowest BCUT2D eigenvalue weighted by molar-refractivity contribution is -0.136. The van der Waals surface area contributed by atoms with Crippen molar-refractivity contribution in [1.82, 2.24) is 4.98 Å². The van der Waals surface area contributed by atoms with E-state index in [1.807, 2.05) is 0 Å². The normalized spacial score (nSPS) is 10.9. The minimum Gasteiger partial charge on any atom is -0.481 e. The molecule has 8 nitrogen and oxygen atoms in total. The maximum absolute atomic E-state index is 12.6. The number of hydrogen-bond acceptors (Lipinski definition) is 5. The van der Waals surface area contributed by atoms with E-state index in [-0.39, 0.29) is 28.5 Å². The van der Waals surface area contributed by atoms with Crippen molar-refractivity contribution in [2.24, 2.45) is 0 Å². The van der Waals surface area contributed by atoms with Crippen molar-refractivity contribution in [3.63, 3.8) is 0 Å². The van der Waals surface area contributed by atoms with Gasteiger partial charge in [0.05, 0.1) is 4.90 Å². The van der Waals surface area contributed by atoms with Gasteiger partial charge in [0, 0.05) is 35.8 Å². The Labute approximate surface area is 173 Å². The highest BCUT2D eigenvalue weighted by Crippen LogP contribution is 2.19. The van der Waals surface area contributed by atoms with Gasteiger partial charge in [-0.15, -0.1) is 0 Å². The van der Waals surface area contributed by atoms with E-state index in [1.54, 1.807) is 54.9 Å². The summed E-state index contributed by atoms with van der Waals surface area (Å²) in [6.07, 6.45) is 3.39. The molecule has 1 heterocycles. The molecule has 3 rings (SSSR count). The van der Waals surface area contributed by atoms with Gasteiger partial charge in [0.15, 0.2) is 0 Å². The van der Waals surface area contributed by atoms with E-state index in [2.05, 4.69) is 15.0 Å². The lowest BCUT2D eigenvalue weighted by atomic mass is 10.1. The maximum Gasteiger partial charge on any atom is 0.303 e. The summed E-state index contributed by atoms with van der Waals surface area (Å²) < 4.78 is 27.7. The number of anilines is 2. The Kier molecular flexibility index (Phi) is 6.43. The van der Waals surface area contributed by atoms with Crippen LogP contribution in [0.15, 0.2) is 78.0 Å². The van der Waals surface area contributed by atoms with E-state index in [4.69, 9.17) is 5.11 Å². The number of hydrogen-bond donors (Lipinski definition) is 3. The number of sulfonamides is 1. The summed E-state index contributed by atoms with van der Waals surface area (Å²) in [4.78, 5) is 27.0. The second kappa shape index (κ2) is 9.19.